The predicted molar refractivity (Wildman–Crippen MR) is 166 cm³/mol. The fourth-order valence-corrected chi connectivity index (χ4v) is 5.39. The topological polar surface area (TPSA) is 186 Å². The fourth-order valence-electron chi connectivity index (χ4n) is 4.47. The standard InChI is InChI=1S/C28H26N4O8P2.CH4/c1-17-10-13-20(14-11-17)34-28(33)23-16-19-7-3-5-9-22(19)26(27(23)36-42(39-31)40-32)25-21-8-4-2-6-18(21)12-15-24(25)35-41(37-29)38-30;/h2-16H,29-32H2,1H3;1H4. The van der Waals surface area contributed by atoms with Crippen molar-refractivity contribution in [1.29, 1.82) is 0 Å². The summed E-state index contributed by atoms with van der Waals surface area (Å²) < 4.78 is 37.0. The lowest BCUT2D eigenvalue weighted by Gasteiger charge is -2.23. The van der Waals surface area contributed by atoms with Crippen LogP contribution in [0.4, 0.5) is 0 Å². The molecule has 0 aliphatic heterocycles. The molecular weight excluding hydrogens is 594 g/mol. The van der Waals surface area contributed by atoms with Crippen LogP contribution in [-0.2, 0) is 18.5 Å². The summed E-state index contributed by atoms with van der Waals surface area (Å²) in [5, 5.41) is 2.94. The summed E-state index contributed by atoms with van der Waals surface area (Å²) in [4.78, 5) is 13.8. The zero-order valence-electron chi connectivity index (χ0n) is 22.1. The van der Waals surface area contributed by atoms with Gasteiger partial charge in [0.1, 0.15) is 17.1 Å². The van der Waals surface area contributed by atoms with Crippen LogP contribution in [0.3, 0.4) is 0 Å². The minimum atomic E-state index is -2.35. The molecule has 0 heterocycles. The molecule has 43 heavy (non-hydrogen) atoms. The van der Waals surface area contributed by atoms with Crippen molar-refractivity contribution in [3.8, 4) is 28.4 Å². The van der Waals surface area contributed by atoms with Crippen LogP contribution in [0.2, 0.25) is 0 Å². The van der Waals surface area contributed by atoms with E-state index in [1.165, 1.54) is 0 Å². The Bertz CT molecular complexity index is 1720. The van der Waals surface area contributed by atoms with Crippen LogP contribution in [0.25, 0.3) is 32.7 Å². The van der Waals surface area contributed by atoms with Crippen molar-refractivity contribution >= 4 is 44.7 Å². The van der Waals surface area contributed by atoms with Crippen LogP contribution in [0.5, 0.6) is 17.2 Å². The largest absolute Gasteiger partial charge is 0.433 e. The van der Waals surface area contributed by atoms with Gasteiger partial charge in [0.15, 0.2) is 5.75 Å². The highest BCUT2D eigenvalue weighted by molar-refractivity contribution is 7.42. The maximum Gasteiger partial charge on any atom is 0.433 e. The van der Waals surface area contributed by atoms with Gasteiger partial charge in [-0.15, -0.1) is 0 Å². The van der Waals surface area contributed by atoms with Gasteiger partial charge in [-0.1, -0.05) is 79.7 Å². The van der Waals surface area contributed by atoms with Crippen molar-refractivity contribution in [2.75, 3.05) is 0 Å². The van der Waals surface area contributed by atoms with E-state index in [0.717, 1.165) is 16.3 Å². The summed E-state index contributed by atoms with van der Waals surface area (Å²) in [6, 6.07) is 27.1. The van der Waals surface area contributed by atoms with Gasteiger partial charge in [0.05, 0.1) is 0 Å². The van der Waals surface area contributed by atoms with Crippen molar-refractivity contribution in [3.63, 3.8) is 0 Å². The van der Waals surface area contributed by atoms with Crippen LogP contribution in [0, 0.1) is 6.92 Å². The van der Waals surface area contributed by atoms with Gasteiger partial charge in [-0.3, -0.25) is 0 Å². The summed E-state index contributed by atoms with van der Waals surface area (Å²) in [6.45, 7) is 1.93. The van der Waals surface area contributed by atoms with E-state index in [9.17, 15) is 4.79 Å². The number of esters is 1. The quantitative estimate of drug-likeness (QED) is 0.0535. The number of carbonyl (C=O) groups is 1. The molecule has 0 bridgehead atoms. The van der Waals surface area contributed by atoms with Gasteiger partial charge < -0.3 is 13.8 Å². The second kappa shape index (κ2) is 14.6. The molecule has 0 saturated carbocycles. The predicted octanol–water partition coefficient (Wildman–Crippen LogP) is 6.60. The summed E-state index contributed by atoms with van der Waals surface area (Å²) >= 11 is 0. The second-order valence-corrected chi connectivity index (χ2v) is 10.9. The number of aryl methyl sites for hydroxylation is 1. The van der Waals surface area contributed by atoms with Gasteiger partial charge in [-0.25, -0.2) is 46.9 Å². The molecule has 12 nitrogen and oxygen atoms in total. The van der Waals surface area contributed by atoms with E-state index >= 15 is 0 Å². The molecule has 14 heteroatoms. The van der Waals surface area contributed by atoms with Gasteiger partial charge in [0.25, 0.3) is 0 Å². The highest BCUT2D eigenvalue weighted by Gasteiger charge is 2.30. The monoisotopic (exact) mass is 624 g/mol. The molecule has 0 aromatic heterocycles. The Morgan fingerprint density at radius 2 is 1.21 bits per heavy atom. The summed E-state index contributed by atoms with van der Waals surface area (Å²) in [5.41, 5.74) is 1.96. The molecular formula is C29H30N4O8P2. The van der Waals surface area contributed by atoms with Gasteiger partial charge in [0, 0.05) is 11.1 Å². The highest BCUT2D eigenvalue weighted by Crippen LogP contribution is 2.53. The van der Waals surface area contributed by atoms with Crippen LogP contribution in [-0.4, -0.2) is 5.97 Å². The third-order valence-electron chi connectivity index (χ3n) is 6.28. The van der Waals surface area contributed by atoms with Crippen LogP contribution in [0.1, 0.15) is 23.3 Å². The van der Waals surface area contributed by atoms with Gasteiger partial charge in [-0.05, 0) is 52.7 Å². The number of ether oxygens (including phenoxy) is 1. The first-order chi connectivity index (χ1) is 20.5. The second-order valence-electron chi connectivity index (χ2n) is 8.76. The molecule has 0 unspecified atom stereocenters. The van der Waals surface area contributed by atoms with Crippen molar-refractivity contribution in [2.24, 2.45) is 23.6 Å². The average Bonchev–Trinajstić information content (AvgIpc) is 3.03. The smallest absolute Gasteiger partial charge is 0.424 e. The number of carbonyl (C=O) groups excluding carboxylic acids is 1. The van der Waals surface area contributed by atoms with Crippen LogP contribution >= 0.6 is 17.2 Å². The molecule has 0 aliphatic rings. The zero-order valence-corrected chi connectivity index (χ0v) is 23.9. The molecule has 0 atom stereocenters. The summed E-state index contributed by atoms with van der Waals surface area (Å²) in [7, 11) is -4.54. The lowest BCUT2D eigenvalue weighted by Crippen LogP contribution is -2.13. The van der Waals surface area contributed by atoms with Gasteiger partial charge in [-0.2, -0.15) is 0 Å². The van der Waals surface area contributed by atoms with E-state index < -0.39 is 23.2 Å². The number of benzene rings is 5. The maximum absolute atomic E-state index is 13.8. The third kappa shape index (κ3) is 6.91. The zero-order chi connectivity index (χ0) is 29.6. The van der Waals surface area contributed by atoms with Crippen molar-refractivity contribution in [2.45, 2.75) is 14.4 Å². The normalized spacial score (nSPS) is 11.1. The molecule has 0 fully saturated rings. The van der Waals surface area contributed by atoms with E-state index in [1.54, 1.807) is 24.3 Å². The van der Waals surface area contributed by atoms with E-state index in [-0.39, 0.29) is 24.5 Å². The highest BCUT2D eigenvalue weighted by atomic mass is 31.2. The Kier molecular flexibility index (Phi) is 10.9. The fraction of sp³-hybridized carbons (Fsp3) is 0.0690. The maximum atomic E-state index is 13.8. The van der Waals surface area contributed by atoms with E-state index in [1.807, 2.05) is 73.7 Å². The molecule has 5 aromatic rings. The van der Waals surface area contributed by atoms with E-state index in [2.05, 4.69) is 0 Å². The lowest BCUT2D eigenvalue weighted by molar-refractivity contribution is 0.0732. The number of hydrogen-bond acceptors (Lipinski definition) is 12. The van der Waals surface area contributed by atoms with Crippen molar-refractivity contribution in [3.05, 3.63) is 102 Å². The number of rotatable bonds is 11. The molecule has 0 spiro atoms. The Hall–Kier alpha value is -3.77. The first-order valence-corrected chi connectivity index (χ1v) is 14.5. The van der Waals surface area contributed by atoms with Crippen molar-refractivity contribution < 1.29 is 37.1 Å². The Morgan fingerprint density at radius 3 is 1.84 bits per heavy atom. The van der Waals surface area contributed by atoms with Crippen LogP contribution in [0.15, 0.2) is 91.0 Å². The Balaban J connectivity index is 0.00000423. The molecule has 5 aromatic carbocycles. The lowest BCUT2D eigenvalue weighted by atomic mass is 9.90. The Labute approximate surface area is 250 Å². The van der Waals surface area contributed by atoms with Gasteiger partial charge in [0.2, 0.25) is 0 Å². The Morgan fingerprint density at radius 1 is 0.651 bits per heavy atom. The minimum absolute atomic E-state index is 0. The molecule has 0 radical (unpaired) electrons. The first-order valence-electron chi connectivity index (χ1n) is 12.3. The number of nitrogens with two attached hydrogens (primary N) is 4. The van der Waals surface area contributed by atoms with E-state index in [0.29, 0.717) is 27.6 Å². The molecule has 8 N–H and O–H groups in total. The minimum Gasteiger partial charge on any atom is -0.424 e. The van der Waals surface area contributed by atoms with Crippen LogP contribution < -0.4 is 37.4 Å². The molecule has 0 aliphatic carbocycles. The van der Waals surface area contributed by atoms with Gasteiger partial charge >= 0.3 is 23.2 Å². The third-order valence-corrected chi connectivity index (χ3v) is 7.64. The molecule has 5 rings (SSSR count). The van der Waals surface area contributed by atoms with Crippen molar-refractivity contribution in [1.82, 2.24) is 0 Å². The molecule has 0 amide bonds. The molecule has 224 valence electrons. The average molecular weight is 625 g/mol. The molecule has 0 saturated heterocycles. The number of hydrogen-bond donors (Lipinski definition) is 4. The van der Waals surface area contributed by atoms with E-state index in [4.69, 9.17) is 55.9 Å². The SMILES string of the molecule is C.Cc1ccc(OC(=O)c2cc3ccccc3c(-c3c(OP(ON)ON)ccc4ccccc34)c2OP(ON)ON)cc1. The summed E-state index contributed by atoms with van der Waals surface area (Å²) in [6.07, 6.45) is 0. The number of fused-ring (bicyclic) bond motifs is 2. The summed E-state index contributed by atoms with van der Waals surface area (Å²) in [5.74, 6) is 21.4. The first kappa shape index (κ1) is 32.2.